The van der Waals surface area contributed by atoms with Crippen LogP contribution in [0.1, 0.15) is 35.2 Å². The van der Waals surface area contributed by atoms with Gasteiger partial charge in [0, 0.05) is 6.04 Å². The minimum atomic E-state index is 0.0872. The zero-order chi connectivity index (χ0) is 13.2. The van der Waals surface area contributed by atoms with Crippen LogP contribution >= 0.6 is 0 Å². The lowest BCUT2D eigenvalue weighted by Crippen LogP contribution is -2.36. The Morgan fingerprint density at radius 2 is 1.58 bits per heavy atom. The monoisotopic (exact) mass is 253 g/mol. The highest BCUT2D eigenvalue weighted by molar-refractivity contribution is 5.48. The Hall–Kier alpha value is -1.64. The number of nitrogens with one attached hydrogen (secondary N) is 1. The van der Waals surface area contributed by atoms with E-state index in [9.17, 15) is 5.11 Å². The molecule has 0 unspecified atom stereocenters. The quantitative estimate of drug-likeness (QED) is 0.881. The highest BCUT2D eigenvalue weighted by Gasteiger charge is 2.25. The molecule has 2 nitrogen and oxygen atoms in total. The molecular formula is C17H19NO. The van der Waals surface area contributed by atoms with E-state index in [-0.39, 0.29) is 18.7 Å². The van der Waals surface area contributed by atoms with Crippen molar-refractivity contribution in [2.24, 2.45) is 0 Å². The topological polar surface area (TPSA) is 32.3 Å². The summed E-state index contributed by atoms with van der Waals surface area (Å²) >= 11 is 0. The second-order valence-corrected chi connectivity index (χ2v) is 5.26. The fraction of sp³-hybridized carbons (Fsp3) is 0.294. The van der Waals surface area contributed by atoms with Crippen molar-refractivity contribution in [3.8, 4) is 0 Å². The van der Waals surface area contributed by atoms with Crippen molar-refractivity contribution in [3.05, 3.63) is 70.8 Å². The van der Waals surface area contributed by atoms with Crippen molar-refractivity contribution in [3.63, 3.8) is 0 Å². The van der Waals surface area contributed by atoms with Crippen LogP contribution in [-0.4, -0.2) is 17.8 Å². The Morgan fingerprint density at radius 3 is 2.11 bits per heavy atom. The molecule has 0 radical (unpaired) electrons. The summed E-state index contributed by atoms with van der Waals surface area (Å²) in [5, 5.41) is 12.8. The average Bonchev–Trinajstić information content (AvgIpc) is 2.46. The van der Waals surface area contributed by atoms with Crippen LogP contribution in [0.3, 0.4) is 0 Å². The minimum Gasteiger partial charge on any atom is -0.395 e. The van der Waals surface area contributed by atoms with Gasteiger partial charge in [0.1, 0.15) is 0 Å². The molecule has 0 fully saturated rings. The summed E-state index contributed by atoms with van der Waals surface area (Å²) in [5.41, 5.74) is 5.43. The van der Waals surface area contributed by atoms with E-state index in [4.69, 9.17) is 0 Å². The van der Waals surface area contributed by atoms with Crippen molar-refractivity contribution < 1.29 is 5.11 Å². The van der Waals surface area contributed by atoms with Crippen LogP contribution in [0.25, 0.3) is 0 Å². The third kappa shape index (κ3) is 2.29. The Kier molecular flexibility index (Phi) is 3.36. The van der Waals surface area contributed by atoms with Gasteiger partial charge >= 0.3 is 0 Å². The fourth-order valence-corrected chi connectivity index (χ4v) is 2.84. The molecule has 1 aliphatic carbocycles. The number of rotatable bonds is 3. The average molecular weight is 253 g/mol. The smallest absolute Gasteiger partial charge is 0.0585 e. The van der Waals surface area contributed by atoms with Gasteiger partial charge in [-0.15, -0.1) is 0 Å². The van der Waals surface area contributed by atoms with Crippen LogP contribution in [0.5, 0.6) is 0 Å². The van der Waals surface area contributed by atoms with Gasteiger partial charge in [-0.3, -0.25) is 0 Å². The first-order chi connectivity index (χ1) is 9.29. The Labute approximate surface area is 114 Å². The maximum atomic E-state index is 9.30. The van der Waals surface area contributed by atoms with Gasteiger partial charge in [0.2, 0.25) is 0 Å². The Bertz CT molecular complexity index is 533. The summed E-state index contributed by atoms with van der Waals surface area (Å²) in [7, 11) is 0. The van der Waals surface area contributed by atoms with Gasteiger partial charge in [-0.2, -0.15) is 0 Å². The summed E-state index contributed by atoms with van der Waals surface area (Å²) < 4.78 is 0. The molecule has 3 rings (SSSR count). The first kappa shape index (κ1) is 12.4. The van der Waals surface area contributed by atoms with Crippen LogP contribution in [0.2, 0.25) is 0 Å². The predicted molar refractivity (Wildman–Crippen MR) is 77.2 cm³/mol. The molecular weight excluding hydrogens is 234 g/mol. The number of aliphatic hydroxyl groups excluding tert-OH is 1. The predicted octanol–water partition coefficient (Wildman–Crippen LogP) is 2.65. The summed E-state index contributed by atoms with van der Waals surface area (Å²) in [4.78, 5) is 0. The molecule has 0 bridgehead atoms. The number of hydrogen-bond acceptors (Lipinski definition) is 2. The summed E-state index contributed by atoms with van der Waals surface area (Å²) in [6.07, 6.45) is 0.998. The Balaban J connectivity index is 2.06. The molecule has 0 amide bonds. The molecule has 2 aromatic carbocycles. The van der Waals surface area contributed by atoms with E-state index >= 15 is 0 Å². The number of fused-ring (bicyclic) bond motifs is 2. The first-order valence-corrected chi connectivity index (χ1v) is 6.82. The van der Waals surface area contributed by atoms with E-state index in [0.717, 1.165) is 6.42 Å². The van der Waals surface area contributed by atoms with Crippen molar-refractivity contribution in [1.82, 2.24) is 5.32 Å². The van der Waals surface area contributed by atoms with Crippen molar-refractivity contribution in [1.29, 1.82) is 0 Å². The molecule has 0 aliphatic heterocycles. The maximum Gasteiger partial charge on any atom is 0.0585 e. The lowest BCUT2D eigenvalue weighted by Gasteiger charge is -2.31. The minimum absolute atomic E-state index is 0.0872. The van der Waals surface area contributed by atoms with E-state index in [2.05, 4.69) is 53.8 Å². The molecule has 2 N–H and O–H groups in total. The van der Waals surface area contributed by atoms with Gasteiger partial charge in [0.25, 0.3) is 0 Å². The van der Waals surface area contributed by atoms with Gasteiger partial charge in [-0.1, -0.05) is 48.5 Å². The molecule has 1 aliphatic rings. The number of hydrogen-bond donors (Lipinski definition) is 2. The van der Waals surface area contributed by atoms with Gasteiger partial charge in [0.15, 0.2) is 0 Å². The lowest BCUT2D eigenvalue weighted by molar-refractivity contribution is 0.245. The van der Waals surface area contributed by atoms with Crippen LogP contribution < -0.4 is 5.32 Å². The van der Waals surface area contributed by atoms with Crippen molar-refractivity contribution >= 4 is 0 Å². The van der Waals surface area contributed by atoms with Crippen LogP contribution in [0.15, 0.2) is 48.5 Å². The molecule has 0 heterocycles. The van der Waals surface area contributed by atoms with Crippen molar-refractivity contribution in [2.75, 3.05) is 6.61 Å². The molecule has 0 saturated carbocycles. The zero-order valence-corrected chi connectivity index (χ0v) is 11.1. The van der Waals surface area contributed by atoms with E-state index in [1.807, 2.05) is 6.92 Å². The summed E-state index contributed by atoms with van der Waals surface area (Å²) in [6, 6.07) is 17.4. The van der Waals surface area contributed by atoms with Crippen LogP contribution in [0.4, 0.5) is 0 Å². The van der Waals surface area contributed by atoms with E-state index in [1.165, 1.54) is 22.3 Å². The molecule has 2 aromatic rings. The molecule has 1 atom stereocenters. The molecule has 19 heavy (non-hydrogen) atoms. The maximum absolute atomic E-state index is 9.30. The third-order valence-corrected chi connectivity index (χ3v) is 3.84. The molecule has 0 spiro atoms. The normalized spacial score (nSPS) is 15.7. The van der Waals surface area contributed by atoms with E-state index in [0.29, 0.717) is 0 Å². The summed E-state index contributed by atoms with van der Waals surface area (Å²) in [5.74, 6) is 0. The van der Waals surface area contributed by atoms with Gasteiger partial charge in [-0.25, -0.2) is 0 Å². The van der Waals surface area contributed by atoms with Gasteiger partial charge in [-0.05, 0) is 35.6 Å². The van der Waals surface area contributed by atoms with Crippen molar-refractivity contribution in [2.45, 2.75) is 25.4 Å². The van der Waals surface area contributed by atoms with Gasteiger partial charge in [0.05, 0.1) is 12.6 Å². The number of aliphatic hydroxyl groups is 1. The third-order valence-electron chi connectivity index (χ3n) is 3.84. The molecule has 0 saturated heterocycles. The standard InChI is InChI=1S/C17H19NO/c1-12(11-19)18-17-15-8-4-2-6-13(15)10-14-7-3-5-9-16(14)17/h2-9,12,17-19H,10-11H2,1H3/t12-/m1/s1. The molecule has 0 aromatic heterocycles. The number of benzene rings is 2. The van der Waals surface area contributed by atoms with Gasteiger partial charge < -0.3 is 10.4 Å². The largest absolute Gasteiger partial charge is 0.395 e. The Morgan fingerprint density at radius 1 is 1.05 bits per heavy atom. The summed E-state index contributed by atoms with van der Waals surface area (Å²) in [6.45, 7) is 2.17. The molecule has 2 heteroatoms. The highest BCUT2D eigenvalue weighted by Crippen LogP contribution is 2.34. The SMILES string of the molecule is C[C@H](CO)NC1c2ccccc2Cc2ccccc21. The zero-order valence-electron chi connectivity index (χ0n) is 11.1. The lowest BCUT2D eigenvalue weighted by atomic mass is 9.82. The second-order valence-electron chi connectivity index (χ2n) is 5.26. The molecule has 98 valence electrons. The van der Waals surface area contributed by atoms with E-state index in [1.54, 1.807) is 0 Å². The van der Waals surface area contributed by atoms with Crippen LogP contribution in [-0.2, 0) is 6.42 Å². The van der Waals surface area contributed by atoms with E-state index < -0.39 is 0 Å². The fourth-order valence-electron chi connectivity index (χ4n) is 2.84. The van der Waals surface area contributed by atoms with Crippen LogP contribution in [0, 0.1) is 0 Å². The first-order valence-electron chi connectivity index (χ1n) is 6.82. The second kappa shape index (κ2) is 5.16. The highest BCUT2D eigenvalue weighted by atomic mass is 16.3.